The van der Waals surface area contributed by atoms with Gasteiger partial charge in [0.15, 0.2) is 6.61 Å². The van der Waals surface area contributed by atoms with Gasteiger partial charge in [0.2, 0.25) is 0 Å². The summed E-state index contributed by atoms with van der Waals surface area (Å²) in [6.45, 7) is 1.91. The van der Waals surface area contributed by atoms with E-state index in [-0.39, 0.29) is 47.8 Å². The zero-order valence-corrected chi connectivity index (χ0v) is 17.6. The van der Waals surface area contributed by atoms with Crippen LogP contribution in [0.15, 0.2) is 18.2 Å². The van der Waals surface area contributed by atoms with E-state index in [0.29, 0.717) is 19.7 Å². The van der Waals surface area contributed by atoms with Crippen LogP contribution in [0.3, 0.4) is 0 Å². The van der Waals surface area contributed by atoms with Crippen molar-refractivity contribution in [2.24, 2.45) is 0 Å². The maximum atomic E-state index is 12.7. The molecule has 0 spiro atoms. The van der Waals surface area contributed by atoms with Crippen LogP contribution in [0.5, 0.6) is 0 Å². The van der Waals surface area contributed by atoms with Crippen LogP contribution in [0, 0.1) is 0 Å². The molecule has 1 aromatic rings. The number of imide groups is 1. The van der Waals surface area contributed by atoms with Crippen LogP contribution in [0.1, 0.15) is 76.0 Å². The third-order valence-corrected chi connectivity index (χ3v) is 6.15. The van der Waals surface area contributed by atoms with Gasteiger partial charge >= 0.3 is 5.97 Å². The maximum Gasteiger partial charge on any atom is 0.338 e. The molecule has 2 saturated heterocycles. The van der Waals surface area contributed by atoms with Crippen LogP contribution in [-0.4, -0.2) is 72.4 Å². The first-order valence-electron chi connectivity index (χ1n) is 11.1. The molecular weight excluding hydrogens is 400 g/mol. The molecule has 3 aliphatic heterocycles. The highest BCUT2D eigenvalue weighted by Gasteiger charge is 2.38. The summed E-state index contributed by atoms with van der Waals surface area (Å²) < 4.78 is 10.7. The highest BCUT2D eigenvalue weighted by Crippen LogP contribution is 2.26. The Morgan fingerprint density at radius 3 is 2.39 bits per heavy atom. The maximum absolute atomic E-state index is 12.7. The number of fused-ring (bicyclic) bond motifs is 1. The molecule has 8 heteroatoms. The molecule has 3 aliphatic rings. The Kier molecular flexibility index (Phi) is 6.65. The Hall–Kier alpha value is -2.74. The second kappa shape index (κ2) is 9.60. The van der Waals surface area contributed by atoms with Gasteiger partial charge in [0.1, 0.15) is 0 Å². The van der Waals surface area contributed by atoms with E-state index in [9.17, 15) is 19.2 Å². The highest BCUT2D eigenvalue weighted by atomic mass is 16.5. The lowest BCUT2D eigenvalue weighted by molar-refractivity contribution is -0.134. The van der Waals surface area contributed by atoms with Crippen LogP contribution in [0.4, 0.5) is 0 Å². The molecule has 31 heavy (non-hydrogen) atoms. The molecule has 4 rings (SSSR count). The van der Waals surface area contributed by atoms with E-state index in [1.165, 1.54) is 29.5 Å². The average Bonchev–Trinajstić information content (AvgIpc) is 3.34. The quantitative estimate of drug-likeness (QED) is 0.528. The number of hydrogen-bond donors (Lipinski definition) is 0. The molecule has 8 nitrogen and oxygen atoms in total. The van der Waals surface area contributed by atoms with Crippen molar-refractivity contribution in [1.82, 2.24) is 9.80 Å². The number of ether oxygens (including phenoxy) is 2. The van der Waals surface area contributed by atoms with Crippen LogP contribution in [0.2, 0.25) is 0 Å². The van der Waals surface area contributed by atoms with Crippen LogP contribution in [-0.2, 0) is 14.3 Å². The number of amides is 3. The zero-order valence-electron chi connectivity index (χ0n) is 17.6. The molecule has 0 bridgehead atoms. The number of nitrogens with zero attached hydrogens (tertiary/aromatic N) is 2. The van der Waals surface area contributed by atoms with Gasteiger partial charge in [0, 0.05) is 19.7 Å². The SMILES string of the molecule is O=C(OCC(=O)N1CCCCCCC1)c1ccc2c(c1)C(=O)N(CC1CCCO1)C2=O. The standard InChI is InChI=1S/C23H28N2O6/c26-20(24-10-4-2-1-3-5-11-24)15-31-23(29)16-8-9-18-19(13-16)22(28)25(21(18)27)14-17-7-6-12-30-17/h8-9,13,17H,1-7,10-12,14-15H2. The topological polar surface area (TPSA) is 93.2 Å². The van der Waals surface area contributed by atoms with Crippen molar-refractivity contribution in [2.75, 3.05) is 32.8 Å². The van der Waals surface area contributed by atoms with Crippen LogP contribution in [0.25, 0.3) is 0 Å². The van der Waals surface area contributed by atoms with Gasteiger partial charge in [-0.1, -0.05) is 19.3 Å². The van der Waals surface area contributed by atoms with Crippen molar-refractivity contribution in [2.45, 2.75) is 51.0 Å². The summed E-state index contributed by atoms with van der Waals surface area (Å²) in [4.78, 5) is 53.2. The number of likely N-dealkylation sites (tertiary alicyclic amines) is 1. The van der Waals surface area contributed by atoms with Crippen molar-refractivity contribution >= 4 is 23.7 Å². The molecule has 0 aliphatic carbocycles. The molecule has 2 fully saturated rings. The minimum atomic E-state index is -0.680. The van der Waals surface area contributed by atoms with Crippen molar-refractivity contribution in [3.8, 4) is 0 Å². The Labute approximate surface area is 181 Å². The van der Waals surface area contributed by atoms with Crippen molar-refractivity contribution < 1.29 is 28.7 Å². The van der Waals surface area contributed by atoms with E-state index >= 15 is 0 Å². The number of hydrogen-bond acceptors (Lipinski definition) is 6. The van der Waals surface area contributed by atoms with E-state index in [4.69, 9.17) is 9.47 Å². The van der Waals surface area contributed by atoms with Gasteiger partial charge in [-0.3, -0.25) is 19.3 Å². The van der Waals surface area contributed by atoms with E-state index in [1.54, 1.807) is 4.90 Å². The Morgan fingerprint density at radius 2 is 1.68 bits per heavy atom. The van der Waals surface area contributed by atoms with E-state index < -0.39 is 11.9 Å². The van der Waals surface area contributed by atoms with Crippen LogP contribution >= 0.6 is 0 Å². The molecular formula is C23H28N2O6. The Balaban J connectivity index is 1.37. The van der Waals surface area contributed by atoms with Gasteiger partial charge in [-0.25, -0.2) is 4.79 Å². The summed E-state index contributed by atoms with van der Waals surface area (Å²) in [5.74, 6) is -1.68. The van der Waals surface area contributed by atoms with Gasteiger partial charge in [0.25, 0.3) is 17.7 Å². The summed E-state index contributed by atoms with van der Waals surface area (Å²) in [5.41, 5.74) is 0.614. The zero-order chi connectivity index (χ0) is 21.8. The van der Waals surface area contributed by atoms with E-state index in [1.807, 2.05) is 0 Å². The molecule has 1 unspecified atom stereocenters. The first-order chi connectivity index (χ1) is 15.0. The second-order valence-electron chi connectivity index (χ2n) is 8.34. The molecule has 3 amide bonds. The third-order valence-electron chi connectivity index (χ3n) is 6.15. The normalized spacial score (nSPS) is 21.6. The summed E-state index contributed by atoms with van der Waals surface area (Å²) in [5, 5.41) is 0. The molecule has 0 aromatic heterocycles. The predicted octanol–water partition coefficient (Wildman–Crippen LogP) is 2.41. The van der Waals surface area contributed by atoms with Crippen molar-refractivity contribution in [3.63, 3.8) is 0 Å². The lowest BCUT2D eigenvalue weighted by Crippen LogP contribution is -2.37. The van der Waals surface area contributed by atoms with E-state index in [0.717, 1.165) is 38.5 Å². The number of carbonyl (C=O) groups excluding carboxylic acids is 4. The molecule has 1 aromatic carbocycles. The number of esters is 1. The fourth-order valence-corrected chi connectivity index (χ4v) is 4.37. The first-order valence-corrected chi connectivity index (χ1v) is 11.1. The Bertz CT molecular complexity index is 869. The summed E-state index contributed by atoms with van der Waals surface area (Å²) in [6.07, 6.45) is 6.93. The number of carbonyl (C=O) groups is 4. The smallest absolute Gasteiger partial charge is 0.338 e. The summed E-state index contributed by atoms with van der Waals surface area (Å²) in [6, 6.07) is 4.32. The monoisotopic (exact) mass is 428 g/mol. The molecule has 0 radical (unpaired) electrons. The summed E-state index contributed by atoms with van der Waals surface area (Å²) >= 11 is 0. The first kappa shape index (κ1) is 21.5. The van der Waals surface area contributed by atoms with Gasteiger partial charge in [-0.2, -0.15) is 0 Å². The van der Waals surface area contributed by atoms with Gasteiger partial charge in [0.05, 0.1) is 29.3 Å². The van der Waals surface area contributed by atoms with Crippen molar-refractivity contribution in [1.29, 1.82) is 0 Å². The minimum Gasteiger partial charge on any atom is -0.452 e. The van der Waals surface area contributed by atoms with Gasteiger partial charge < -0.3 is 14.4 Å². The third kappa shape index (κ3) is 4.79. The van der Waals surface area contributed by atoms with Gasteiger partial charge in [-0.15, -0.1) is 0 Å². The minimum absolute atomic E-state index is 0.138. The second-order valence-corrected chi connectivity index (χ2v) is 8.34. The lowest BCUT2D eigenvalue weighted by Gasteiger charge is -2.24. The molecule has 3 heterocycles. The highest BCUT2D eigenvalue weighted by molar-refractivity contribution is 6.22. The molecule has 166 valence electrons. The predicted molar refractivity (Wildman–Crippen MR) is 111 cm³/mol. The average molecular weight is 428 g/mol. The summed E-state index contributed by atoms with van der Waals surface area (Å²) in [7, 11) is 0. The van der Waals surface area contributed by atoms with Crippen LogP contribution < -0.4 is 0 Å². The van der Waals surface area contributed by atoms with Crippen molar-refractivity contribution in [3.05, 3.63) is 34.9 Å². The molecule has 0 saturated carbocycles. The largest absolute Gasteiger partial charge is 0.452 e. The molecule has 0 N–H and O–H groups in total. The number of rotatable bonds is 5. The van der Waals surface area contributed by atoms with Gasteiger partial charge in [-0.05, 0) is 43.9 Å². The fraction of sp³-hybridized carbons (Fsp3) is 0.565. The fourth-order valence-electron chi connectivity index (χ4n) is 4.37. The van der Waals surface area contributed by atoms with E-state index in [2.05, 4.69) is 0 Å². The number of benzene rings is 1. The lowest BCUT2D eigenvalue weighted by atomic mass is 10.1. The Morgan fingerprint density at radius 1 is 0.968 bits per heavy atom. The molecule has 1 atom stereocenters.